The van der Waals surface area contributed by atoms with E-state index in [-0.39, 0.29) is 5.41 Å². The summed E-state index contributed by atoms with van der Waals surface area (Å²) in [4.78, 5) is 2.26. The molecule has 2 aromatic carbocycles. The minimum atomic E-state index is 0.171. The number of anilines is 1. The predicted octanol–water partition coefficient (Wildman–Crippen LogP) is 5.54. The second-order valence-electron chi connectivity index (χ2n) is 6.68. The van der Waals surface area contributed by atoms with E-state index in [2.05, 4.69) is 62.9 Å². The Hall–Kier alpha value is -1.67. The Morgan fingerprint density at radius 1 is 1.04 bits per heavy atom. The van der Waals surface area contributed by atoms with Gasteiger partial charge in [-0.1, -0.05) is 50.6 Å². The first-order valence-corrected chi connectivity index (χ1v) is 8.52. The van der Waals surface area contributed by atoms with Crippen molar-refractivity contribution in [3.8, 4) is 5.75 Å². The fraction of sp³-hybridized carbons (Fsp3) is 0.400. The second kappa shape index (κ2) is 7.74. The van der Waals surface area contributed by atoms with Crippen LogP contribution in [0.1, 0.15) is 33.3 Å². The molecule has 0 spiro atoms. The maximum atomic E-state index is 6.07. The highest BCUT2D eigenvalue weighted by Crippen LogP contribution is 2.24. The summed E-state index contributed by atoms with van der Waals surface area (Å²) >= 11 is 6.07. The van der Waals surface area contributed by atoms with Crippen LogP contribution in [0, 0.1) is 0 Å². The Balaban J connectivity index is 1.90. The third kappa shape index (κ3) is 5.18. The molecule has 0 heterocycles. The van der Waals surface area contributed by atoms with Crippen LogP contribution in [0.3, 0.4) is 0 Å². The van der Waals surface area contributed by atoms with E-state index in [0.717, 1.165) is 29.5 Å². The van der Waals surface area contributed by atoms with Gasteiger partial charge in [0.05, 0.1) is 6.54 Å². The minimum absolute atomic E-state index is 0.171. The fourth-order valence-electron chi connectivity index (χ4n) is 2.47. The van der Waals surface area contributed by atoms with Crippen molar-refractivity contribution in [1.29, 1.82) is 0 Å². The van der Waals surface area contributed by atoms with E-state index in [0.29, 0.717) is 6.61 Å². The van der Waals surface area contributed by atoms with Crippen molar-refractivity contribution in [2.45, 2.75) is 33.1 Å². The summed E-state index contributed by atoms with van der Waals surface area (Å²) in [5, 5.41) is 0.764. The molecule has 2 rings (SSSR count). The number of nitrogens with zero attached hydrogens (tertiary/aromatic N) is 1. The first-order chi connectivity index (χ1) is 10.9. The van der Waals surface area contributed by atoms with Crippen molar-refractivity contribution >= 4 is 17.3 Å². The summed E-state index contributed by atoms with van der Waals surface area (Å²) in [5.74, 6) is 0.917. The second-order valence-corrected chi connectivity index (χ2v) is 7.12. The van der Waals surface area contributed by atoms with Gasteiger partial charge < -0.3 is 9.64 Å². The minimum Gasteiger partial charge on any atom is -0.492 e. The average molecular weight is 332 g/mol. The molecular formula is C20H26ClNO. The SMILES string of the molecule is CCN(CCOc1ccc(C(C)(C)C)cc1)c1cccc(Cl)c1. The van der Waals surface area contributed by atoms with Gasteiger partial charge in [0.25, 0.3) is 0 Å². The van der Waals surface area contributed by atoms with E-state index < -0.39 is 0 Å². The number of hydrogen-bond acceptors (Lipinski definition) is 2. The third-order valence-electron chi connectivity index (χ3n) is 3.91. The Bertz CT molecular complexity index is 616. The van der Waals surface area contributed by atoms with Gasteiger partial charge in [0, 0.05) is 17.3 Å². The lowest BCUT2D eigenvalue weighted by Gasteiger charge is -2.23. The van der Waals surface area contributed by atoms with Crippen LogP contribution in [0.15, 0.2) is 48.5 Å². The maximum absolute atomic E-state index is 6.07. The van der Waals surface area contributed by atoms with Gasteiger partial charge in [0.2, 0.25) is 0 Å². The van der Waals surface area contributed by atoms with Crippen LogP contribution in [0.25, 0.3) is 0 Å². The van der Waals surface area contributed by atoms with Crippen molar-refractivity contribution in [3.63, 3.8) is 0 Å². The molecule has 2 aromatic rings. The lowest BCUT2D eigenvalue weighted by molar-refractivity contribution is 0.324. The summed E-state index contributed by atoms with van der Waals surface area (Å²) in [6.45, 7) is 11.2. The molecule has 0 atom stereocenters. The van der Waals surface area contributed by atoms with Crippen LogP contribution in [0.4, 0.5) is 5.69 Å². The van der Waals surface area contributed by atoms with E-state index in [1.165, 1.54) is 5.56 Å². The molecule has 0 radical (unpaired) electrons. The predicted molar refractivity (Wildman–Crippen MR) is 100.0 cm³/mol. The first-order valence-electron chi connectivity index (χ1n) is 8.14. The van der Waals surface area contributed by atoms with E-state index in [4.69, 9.17) is 16.3 Å². The molecule has 0 amide bonds. The molecule has 0 fully saturated rings. The highest BCUT2D eigenvalue weighted by atomic mass is 35.5. The Morgan fingerprint density at radius 3 is 2.30 bits per heavy atom. The highest BCUT2D eigenvalue weighted by Gasteiger charge is 2.13. The molecule has 3 heteroatoms. The summed E-state index contributed by atoms with van der Waals surface area (Å²) in [6, 6.07) is 16.3. The molecule has 23 heavy (non-hydrogen) atoms. The molecule has 2 nitrogen and oxygen atoms in total. The molecule has 0 saturated carbocycles. The fourth-order valence-corrected chi connectivity index (χ4v) is 2.65. The standard InChI is InChI=1S/C20H26ClNO/c1-5-22(18-8-6-7-17(21)15-18)13-14-23-19-11-9-16(10-12-19)20(2,3)4/h6-12,15H,5,13-14H2,1-4H3. The zero-order valence-electron chi connectivity index (χ0n) is 14.5. The molecule has 0 aliphatic rings. The number of ether oxygens (including phenoxy) is 1. The van der Waals surface area contributed by atoms with Crippen molar-refractivity contribution in [1.82, 2.24) is 0 Å². The molecule has 0 aromatic heterocycles. The topological polar surface area (TPSA) is 12.5 Å². The molecule has 0 aliphatic carbocycles. The van der Waals surface area contributed by atoms with Crippen LogP contribution < -0.4 is 9.64 Å². The summed E-state index contributed by atoms with van der Waals surface area (Å²) in [5.41, 5.74) is 2.62. The lowest BCUT2D eigenvalue weighted by Crippen LogP contribution is -2.28. The number of halogens is 1. The van der Waals surface area contributed by atoms with Gasteiger partial charge in [-0.2, -0.15) is 0 Å². The molecule has 124 valence electrons. The van der Waals surface area contributed by atoms with Crippen LogP contribution in [-0.2, 0) is 5.41 Å². The van der Waals surface area contributed by atoms with Crippen molar-refractivity contribution in [3.05, 3.63) is 59.1 Å². The molecule has 0 unspecified atom stereocenters. The van der Waals surface area contributed by atoms with E-state index in [1.807, 2.05) is 18.2 Å². The third-order valence-corrected chi connectivity index (χ3v) is 4.14. The van der Waals surface area contributed by atoms with Crippen molar-refractivity contribution < 1.29 is 4.74 Å². The van der Waals surface area contributed by atoms with Crippen LogP contribution in [0.2, 0.25) is 5.02 Å². The van der Waals surface area contributed by atoms with Gasteiger partial charge >= 0.3 is 0 Å². The van der Waals surface area contributed by atoms with Gasteiger partial charge in [0.15, 0.2) is 0 Å². The number of hydrogen-bond donors (Lipinski definition) is 0. The van der Waals surface area contributed by atoms with Gasteiger partial charge in [-0.25, -0.2) is 0 Å². The van der Waals surface area contributed by atoms with Gasteiger partial charge in [-0.3, -0.25) is 0 Å². The monoisotopic (exact) mass is 331 g/mol. The van der Waals surface area contributed by atoms with Crippen LogP contribution >= 0.6 is 11.6 Å². The van der Waals surface area contributed by atoms with Gasteiger partial charge in [-0.15, -0.1) is 0 Å². The summed E-state index contributed by atoms with van der Waals surface area (Å²) in [7, 11) is 0. The molecular weight excluding hydrogens is 306 g/mol. The first kappa shape index (κ1) is 17.7. The number of likely N-dealkylation sites (N-methyl/N-ethyl adjacent to an activating group) is 1. The zero-order valence-corrected chi connectivity index (χ0v) is 15.2. The van der Waals surface area contributed by atoms with E-state index in [1.54, 1.807) is 0 Å². The largest absolute Gasteiger partial charge is 0.492 e. The Labute approximate surface area is 145 Å². The molecule has 0 saturated heterocycles. The van der Waals surface area contributed by atoms with Crippen LogP contribution in [0.5, 0.6) is 5.75 Å². The smallest absolute Gasteiger partial charge is 0.119 e. The molecule has 0 bridgehead atoms. The Kier molecular flexibility index (Phi) is 5.95. The quantitative estimate of drug-likeness (QED) is 0.688. The van der Waals surface area contributed by atoms with Gasteiger partial charge in [-0.05, 0) is 48.2 Å². The summed E-state index contributed by atoms with van der Waals surface area (Å²) < 4.78 is 5.88. The van der Waals surface area contributed by atoms with Crippen LogP contribution in [-0.4, -0.2) is 19.7 Å². The van der Waals surface area contributed by atoms with Crippen molar-refractivity contribution in [2.24, 2.45) is 0 Å². The number of benzene rings is 2. The maximum Gasteiger partial charge on any atom is 0.119 e. The molecule has 0 aliphatic heterocycles. The molecule has 0 N–H and O–H groups in total. The normalized spacial score (nSPS) is 11.3. The number of rotatable bonds is 6. The lowest BCUT2D eigenvalue weighted by atomic mass is 9.87. The van der Waals surface area contributed by atoms with Gasteiger partial charge in [0.1, 0.15) is 12.4 Å². The summed E-state index contributed by atoms with van der Waals surface area (Å²) in [6.07, 6.45) is 0. The van der Waals surface area contributed by atoms with Crippen molar-refractivity contribution in [2.75, 3.05) is 24.6 Å². The highest BCUT2D eigenvalue weighted by molar-refractivity contribution is 6.30. The zero-order chi connectivity index (χ0) is 16.9. The van der Waals surface area contributed by atoms with E-state index in [9.17, 15) is 0 Å². The average Bonchev–Trinajstić information content (AvgIpc) is 2.51. The Morgan fingerprint density at radius 2 is 1.74 bits per heavy atom. The van der Waals surface area contributed by atoms with E-state index >= 15 is 0 Å².